The molecule has 0 saturated carbocycles. The molecule has 0 saturated heterocycles. The number of fused-ring (bicyclic) bond motifs is 1. The Kier molecular flexibility index (Phi) is 2.90. The molecule has 0 aliphatic rings. The van der Waals surface area contributed by atoms with Crippen molar-refractivity contribution in [1.29, 1.82) is 0 Å². The zero-order valence-electron chi connectivity index (χ0n) is 10.7. The Balaban J connectivity index is 2.72. The summed E-state index contributed by atoms with van der Waals surface area (Å²) >= 11 is 4.70. The van der Waals surface area contributed by atoms with Crippen LogP contribution >= 0.6 is 12.6 Å². The number of hydrogen-bond donors (Lipinski definition) is 1. The normalized spacial score (nSPS) is 13.0. The number of thiol groups is 1. The van der Waals surface area contributed by atoms with Gasteiger partial charge in [0.05, 0.1) is 11.9 Å². The van der Waals surface area contributed by atoms with Gasteiger partial charge in [-0.05, 0) is 0 Å². The molecule has 0 spiro atoms. The van der Waals surface area contributed by atoms with E-state index in [1.165, 1.54) is 0 Å². The monoisotopic (exact) mass is 246 g/mol. The van der Waals surface area contributed by atoms with E-state index in [4.69, 9.17) is 12.6 Å². The van der Waals surface area contributed by atoms with Gasteiger partial charge in [0.25, 0.3) is 0 Å². The molecule has 2 aromatic rings. The van der Waals surface area contributed by atoms with E-state index in [1.54, 1.807) is 6.20 Å². The summed E-state index contributed by atoms with van der Waals surface area (Å²) in [5.41, 5.74) is 0.861. The Morgan fingerprint density at radius 1 is 1.06 bits per heavy atom. The Hall–Kier alpha value is -1.09. The molecule has 1 aromatic carbocycles. The molecule has 0 radical (unpaired) electrons. The topological polar surface area (TPSA) is 25.8 Å². The predicted octanol–water partition coefficient (Wildman–Crippen LogP) is 3.62. The Morgan fingerprint density at radius 3 is 2.35 bits per heavy atom. The molecule has 0 fully saturated rings. The van der Waals surface area contributed by atoms with Crippen molar-refractivity contribution in [1.82, 2.24) is 10.2 Å². The van der Waals surface area contributed by atoms with Gasteiger partial charge < -0.3 is 0 Å². The summed E-state index contributed by atoms with van der Waals surface area (Å²) < 4.78 is -0.161. The minimum absolute atomic E-state index is 0.149. The first-order chi connectivity index (χ1) is 7.84. The van der Waals surface area contributed by atoms with Crippen LogP contribution in [0.3, 0.4) is 0 Å². The number of nitrogens with zero attached hydrogens (tertiary/aromatic N) is 2. The van der Waals surface area contributed by atoms with Crippen LogP contribution in [0.5, 0.6) is 0 Å². The lowest BCUT2D eigenvalue weighted by atomic mass is 9.76. The fourth-order valence-corrected chi connectivity index (χ4v) is 1.89. The summed E-state index contributed by atoms with van der Waals surface area (Å²) in [6.45, 7) is 8.55. The summed E-state index contributed by atoms with van der Waals surface area (Å²) in [7, 11) is 0. The van der Waals surface area contributed by atoms with Crippen molar-refractivity contribution in [3.8, 4) is 0 Å². The summed E-state index contributed by atoms with van der Waals surface area (Å²) in [4.78, 5) is 0. The van der Waals surface area contributed by atoms with Crippen molar-refractivity contribution in [2.45, 2.75) is 37.9 Å². The van der Waals surface area contributed by atoms with Gasteiger partial charge in [-0.2, -0.15) is 22.8 Å². The van der Waals surface area contributed by atoms with Crippen LogP contribution in [0.4, 0.5) is 0 Å². The summed E-state index contributed by atoms with van der Waals surface area (Å²) in [6, 6.07) is 8.22. The van der Waals surface area contributed by atoms with E-state index in [9.17, 15) is 0 Å². The molecule has 1 aromatic heterocycles. The largest absolute Gasteiger partial charge is 0.172 e. The van der Waals surface area contributed by atoms with Crippen LogP contribution in [0.25, 0.3) is 10.8 Å². The third kappa shape index (κ3) is 2.04. The van der Waals surface area contributed by atoms with Crippen LogP contribution in [0, 0.1) is 0 Å². The molecule has 0 aliphatic heterocycles. The zero-order valence-corrected chi connectivity index (χ0v) is 11.6. The van der Waals surface area contributed by atoms with Gasteiger partial charge in [0.1, 0.15) is 0 Å². The third-order valence-corrected chi connectivity index (χ3v) is 4.25. The average molecular weight is 246 g/mol. The lowest BCUT2D eigenvalue weighted by molar-refractivity contribution is 0.404. The first kappa shape index (κ1) is 12.4. The van der Waals surface area contributed by atoms with E-state index in [0.29, 0.717) is 0 Å². The van der Waals surface area contributed by atoms with Crippen molar-refractivity contribution in [3.05, 3.63) is 36.2 Å². The van der Waals surface area contributed by atoms with Crippen LogP contribution in [-0.4, -0.2) is 14.9 Å². The van der Waals surface area contributed by atoms with Gasteiger partial charge in [0.2, 0.25) is 0 Å². The molecule has 0 aliphatic carbocycles. The molecule has 2 nitrogen and oxygen atoms in total. The highest BCUT2D eigenvalue weighted by atomic mass is 32.1. The number of rotatable bonds is 2. The second-order valence-electron chi connectivity index (χ2n) is 5.46. The molecule has 2 rings (SSSR count). The third-order valence-electron chi connectivity index (χ3n) is 3.69. The van der Waals surface area contributed by atoms with Crippen molar-refractivity contribution in [2.24, 2.45) is 0 Å². The first-order valence-corrected chi connectivity index (χ1v) is 6.22. The molecule has 3 heteroatoms. The maximum absolute atomic E-state index is 4.70. The minimum atomic E-state index is -0.161. The van der Waals surface area contributed by atoms with Crippen LogP contribution < -0.4 is 0 Å². The summed E-state index contributed by atoms with van der Waals surface area (Å²) in [6.07, 6.45) is 1.81. The van der Waals surface area contributed by atoms with E-state index in [1.807, 2.05) is 12.1 Å². The molecular weight excluding hydrogens is 228 g/mol. The van der Waals surface area contributed by atoms with Gasteiger partial charge in [-0.3, -0.25) is 0 Å². The molecular formula is C14H18N2S. The smallest absolute Gasteiger partial charge is 0.0778 e. The van der Waals surface area contributed by atoms with Crippen molar-refractivity contribution in [3.63, 3.8) is 0 Å². The fourth-order valence-electron chi connectivity index (χ4n) is 1.78. The quantitative estimate of drug-likeness (QED) is 0.819. The summed E-state index contributed by atoms with van der Waals surface area (Å²) in [5, 5.41) is 10.7. The Labute approximate surface area is 108 Å². The second kappa shape index (κ2) is 3.98. The highest BCUT2D eigenvalue weighted by molar-refractivity contribution is 7.81. The lowest BCUT2D eigenvalue weighted by Crippen LogP contribution is -2.39. The zero-order chi connectivity index (χ0) is 12.7. The van der Waals surface area contributed by atoms with Crippen molar-refractivity contribution >= 4 is 23.4 Å². The molecule has 0 unspecified atom stereocenters. The number of aromatic nitrogens is 2. The van der Waals surface area contributed by atoms with E-state index < -0.39 is 0 Å². The lowest BCUT2D eigenvalue weighted by Gasteiger charge is -2.37. The summed E-state index contributed by atoms with van der Waals surface area (Å²) in [5.74, 6) is 0. The maximum atomic E-state index is 4.70. The van der Waals surface area contributed by atoms with E-state index in [-0.39, 0.29) is 10.2 Å². The molecule has 0 amide bonds. The van der Waals surface area contributed by atoms with Crippen molar-refractivity contribution in [2.75, 3.05) is 0 Å². The van der Waals surface area contributed by atoms with E-state index in [2.05, 4.69) is 50.0 Å². The van der Waals surface area contributed by atoms with Gasteiger partial charge in [0, 0.05) is 20.9 Å². The maximum Gasteiger partial charge on any atom is 0.0778 e. The van der Waals surface area contributed by atoms with Crippen LogP contribution in [-0.2, 0) is 5.41 Å². The van der Waals surface area contributed by atoms with Crippen LogP contribution in [0.2, 0.25) is 0 Å². The van der Waals surface area contributed by atoms with Crippen molar-refractivity contribution < 1.29 is 0 Å². The Bertz CT molecular complexity index is 536. The first-order valence-electron chi connectivity index (χ1n) is 5.77. The van der Waals surface area contributed by atoms with E-state index >= 15 is 0 Å². The van der Waals surface area contributed by atoms with Gasteiger partial charge in [-0.1, -0.05) is 52.0 Å². The molecule has 1 heterocycles. The van der Waals surface area contributed by atoms with Crippen LogP contribution in [0.1, 0.15) is 33.4 Å². The number of benzene rings is 1. The van der Waals surface area contributed by atoms with Gasteiger partial charge in [0.15, 0.2) is 0 Å². The van der Waals surface area contributed by atoms with Gasteiger partial charge >= 0.3 is 0 Å². The van der Waals surface area contributed by atoms with Crippen LogP contribution in [0.15, 0.2) is 30.5 Å². The molecule has 0 N–H and O–H groups in total. The molecule has 90 valence electrons. The fraction of sp³-hybridized carbons (Fsp3) is 0.429. The van der Waals surface area contributed by atoms with Gasteiger partial charge in [-0.25, -0.2) is 0 Å². The predicted molar refractivity (Wildman–Crippen MR) is 75.6 cm³/mol. The molecule has 0 atom stereocenters. The van der Waals surface area contributed by atoms with Gasteiger partial charge in [-0.15, -0.1) is 0 Å². The number of hydrogen-bond acceptors (Lipinski definition) is 3. The Morgan fingerprint density at radius 2 is 1.71 bits per heavy atom. The average Bonchev–Trinajstić information content (AvgIpc) is 2.26. The standard InChI is InChI=1S/C14H18N2S/c1-13(2,14(3,4)17)12-11-8-6-5-7-10(11)9-15-16-12/h5-9,17H,1-4H3. The highest BCUT2D eigenvalue weighted by Crippen LogP contribution is 2.40. The molecule has 0 bridgehead atoms. The minimum Gasteiger partial charge on any atom is -0.172 e. The molecule has 17 heavy (non-hydrogen) atoms. The van der Waals surface area contributed by atoms with E-state index in [0.717, 1.165) is 16.5 Å². The highest BCUT2D eigenvalue weighted by Gasteiger charge is 2.38. The SMILES string of the molecule is CC(C)(S)C(C)(C)c1nncc2ccccc12. The second-order valence-corrected chi connectivity index (χ2v) is 6.58.